The highest BCUT2D eigenvalue weighted by molar-refractivity contribution is 6.32. The van der Waals surface area contributed by atoms with Gasteiger partial charge < -0.3 is 9.64 Å². The van der Waals surface area contributed by atoms with Crippen LogP contribution in [0.1, 0.15) is 18.9 Å². The molecule has 0 unspecified atom stereocenters. The summed E-state index contributed by atoms with van der Waals surface area (Å²) in [6.45, 7) is 3.78. The first kappa shape index (κ1) is 12.3. The molecule has 15 heavy (non-hydrogen) atoms. The summed E-state index contributed by atoms with van der Waals surface area (Å²) in [5, 5.41) is 0.710. The molecule has 2 nitrogen and oxygen atoms in total. The lowest BCUT2D eigenvalue weighted by molar-refractivity contribution is -0.872. The molecule has 0 aliphatic carbocycles. The van der Waals surface area contributed by atoms with Crippen LogP contribution in [0, 0.1) is 0 Å². The SMILES string of the molecule is CCCOc1ccc(C[NH+](C)C)cc1Cl. The molecule has 0 aromatic heterocycles. The van der Waals surface area contributed by atoms with E-state index in [1.54, 1.807) is 0 Å². The predicted octanol–water partition coefficient (Wildman–Crippen LogP) is 1.77. The zero-order valence-corrected chi connectivity index (χ0v) is 10.4. The minimum atomic E-state index is 0.710. The number of halogens is 1. The van der Waals surface area contributed by atoms with E-state index in [0.717, 1.165) is 25.3 Å². The molecule has 1 aromatic rings. The summed E-state index contributed by atoms with van der Waals surface area (Å²) in [5.74, 6) is 0.788. The molecular weight excluding hydrogens is 210 g/mol. The zero-order valence-electron chi connectivity index (χ0n) is 9.64. The van der Waals surface area contributed by atoms with Gasteiger partial charge in [0.2, 0.25) is 0 Å². The van der Waals surface area contributed by atoms with Gasteiger partial charge in [0.05, 0.1) is 25.7 Å². The van der Waals surface area contributed by atoms with Crippen molar-refractivity contribution in [3.05, 3.63) is 28.8 Å². The monoisotopic (exact) mass is 228 g/mol. The van der Waals surface area contributed by atoms with Gasteiger partial charge in [-0.05, 0) is 24.6 Å². The maximum absolute atomic E-state index is 6.11. The van der Waals surface area contributed by atoms with Crippen molar-refractivity contribution >= 4 is 11.6 Å². The van der Waals surface area contributed by atoms with E-state index in [-0.39, 0.29) is 0 Å². The van der Waals surface area contributed by atoms with Crippen LogP contribution in [0.5, 0.6) is 5.75 Å². The van der Waals surface area contributed by atoms with Crippen molar-refractivity contribution in [2.45, 2.75) is 19.9 Å². The lowest BCUT2D eigenvalue weighted by Crippen LogP contribution is -3.04. The van der Waals surface area contributed by atoms with Gasteiger partial charge in [-0.1, -0.05) is 18.5 Å². The number of nitrogens with one attached hydrogen (secondary N) is 1. The smallest absolute Gasteiger partial charge is 0.137 e. The predicted molar refractivity (Wildman–Crippen MR) is 63.8 cm³/mol. The molecule has 0 saturated carbocycles. The fourth-order valence-electron chi connectivity index (χ4n) is 1.39. The van der Waals surface area contributed by atoms with Crippen LogP contribution in [-0.2, 0) is 6.54 Å². The molecule has 3 heteroatoms. The normalized spacial score (nSPS) is 10.7. The molecule has 1 aromatic carbocycles. The maximum atomic E-state index is 6.11. The Kier molecular flexibility index (Phi) is 4.92. The van der Waals surface area contributed by atoms with Crippen LogP contribution in [0.15, 0.2) is 18.2 Å². The van der Waals surface area contributed by atoms with Crippen LogP contribution in [-0.4, -0.2) is 20.7 Å². The largest absolute Gasteiger partial charge is 0.492 e. The standard InChI is InChI=1S/C12H18ClNO/c1-4-7-15-12-6-5-10(8-11(12)13)9-14(2)3/h5-6,8H,4,7,9H2,1-3H3/p+1. The summed E-state index contributed by atoms with van der Waals surface area (Å²) in [6.07, 6.45) is 1.000. The van der Waals surface area contributed by atoms with E-state index in [9.17, 15) is 0 Å². The average molecular weight is 229 g/mol. The van der Waals surface area contributed by atoms with E-state index in [1.165, 1.54) is 10.5 Å². The Bertz CT molecular complexity index is 312. The van der Waals surface area contributed by atoms with Crippen molar-refractivity contribution in [3.8, 4) is 5.75 Å². The highest BCUT2D eigenvalue weighted by Crippen LogP contribution is 2.25. The molecule has 0 saturated heterocycles. The number of benzene rings is 1. The average Bonchev–Trinajstić information content (AvgIpc) is 2.15. The van der Waals surface area contributed by atoms with Crippen LogP contribution in [0.2, 0.25) is 5.02 Å². The Morgan fingerprint density at radius 1 is 1.33 bits per heavy atom. The number of quaternary nitrogens is 1. The van der Waals surface area contributed by atoms with Crippen molar-refractivity contribution in [2.24, 2.45) is 0 Å². The molecule has 0 aliphatic heterocycles. The number of rotatable bonds is 5. The van der Waals surface area contributed by atoms with Crippen LogP contribution >= 0.6 is 11.6 Å². The van der Waals surface area contributed by atoms with Crippen molar-refractivity contribution in [1.82, 2.24) is 0 Å². The summed E-state index contributed by atoms with van der Waals surface area (Å²) >= 11 is 6.11. The van der Waals surface area contributed by atoms with Crippen molar-refractivity contribution < 1.29 is 9.64 Å². The minimum Gasteiger partial charge on any atom is -0.492 e. The van der Waals surface area contributed by atoms with Gasteiger partial charge in [0.25, 0.3) is 0 Å². The van der Waals surface area contributed by atoms with Gasteiger partial charge in [0.1, 0.15) is 12.3 Å². The number of hydrogen-bond acceptors (Lipinski definition) is 1. The van der Waals surface area contributed by atoms with Crippen molar-refractivity contribution in [1.29, 1.82) is 0 Å². The van der Waals surface area contributed by atoms with Crippen LogP contribution < -0.4 is 9.64 Å². The highest BCUT2D eigenvalue weighted by Gasteiger charge is 2.04. The quantitative estimate of drug-likeness (QED) is 0.811. The van der Waals surface area contributed by atoms with Crippen LogP contribution in [0.25, 0.3) is 0 Å². The second-order valence-electron chi connectivity index (χ2n) is 4.00. The van der Waals surface area contributed by atoms with Gasteiger partial charge in [0.15, 0.2) is 0 Å². The Labute approximate surface area is 96.8 Å². The van der Waals surface area contributed by atoms with E-state index >= 15 is 0 Å². The molecule has 0 fully saturated rings. The number of hydrogen-bond donors (Lipinski definition) is 1. The molecule has 0 heterocycles. The first-order valence-electron chi connectivity index (χ1n) is 5.33. The van der Waals surface area contributed by atoms with Crippen molar-refractivity contribution in [2.75, 3.05) is 20.7 Å². The van der Waals surface area contributed by atoms with Gasteiger partial charge in [-0.2, -0.15) is 0 Å². The Hall–Kier alpha value is -0.730. The third-order valence-electron chi connectivity index (χ3n) is 2.02. The summed E-state index contributed by atoms with van der Waals surface area (Å²) in [5.41, 5.74) is 1.24. The van der Waals surface area contributed by atoms with Crippen LogP contribution in [0.4, 0.5) is 0 Å². The molecule has 0 aliphatic rings. The molecular formula is C12H19ClNO+. The molecule has 0 radical (unpaired) electrons. The second kappa shape index (κ2) is 5.99. The molecule has 84 valence electrons. The van der Waals surface area contributed by atoms with Gasteiger partial charge in [0, 0.05) is 5.56 Å². The van der Waals surface area contributed by atoms with Gasteiger partial charge >= 0.3 is 0 Å². The van der Waals surface area contributed by atoms with E-state index < -0.39 is 0 Å². The first-order chi connectivity index (χ1) is 7.13. The third kappa shape index (κ3) is 4.10. The topological polar surface area (TPSA) is 13.7 Å². The maximum Gasteiger partial charge on any atom is 0.137 e. The highest BCUT2D eigenvalue weighted by atomic mass is 35.5. The van der Waals surface area contributed by atoms with E-state index in [1.807, 2.05) is 12.1 Å². The van der Waals surface area contributed by atoms with Gasteiger partial charge in [-0.25, -0.2) is 0 Å². The summed E-state index contributed by atoms with van der Waals surface area (Å²) < 4.78 is 5.51. The lowest BCUT2D eigenvalue weighted by Gasteiger charge is -2.10. The Balaban J connectivity index is 2.69. The molecule has 1 rings (SSSR count). The van der Waals surface area contributed by atoms with E-state index in [2.05, 4.69) is 27.1 Å². The second-order valence-corrected chi connectivity index (χ2v) is 4.40. The zero-order chi connectivity index (χ0) is 11.3. The van der Waals surface area contributed by atoms with E-state index in [4.69, 9.17) is 16.3 Å². The molecule has 0 amide bonds. The fourth-order valence-corrected chi connectivity index (χ4v) is 1.65. The molecule has 1 N–H and O–H groups in total. The summed E-state index contributed by atoms with van der Waals surface area (Å²) in [4.78, 5) is 1.38. The summed E-state index contributed by atoms with van der Waals surface area (Å²) in [6, 6.07) is 6.01. The molecule has 0 bridgehead atoms. The van der Waals surface area contributed by atoms with E-state index in [0.29, 0.717) is 5.02 Å². The molecule has 0 spiro atoms. The Morgan fingerprint density at radius 3 is 2.60 bits per heavy atom. The van der Waals surface area contributed by atoms with Crippen molar-refractivity contribution in [3.63, 3.8) is 0 Å². The molecule has 0 atom stereocenters. The fraction of sp³-hybridized carbons (Fsp3) is 0.500. The lowest BCUT2D eigenvalue weighted by atomic mass is 10.2. The number of ether oxygens (including phenoxy) is 1. The Morgan fingerprint density at radius 2 is 2.07 bits per heavy atom. The van der Waals surface area contributed by atoms with Gasteiger partial charge in [-0.15, -0.1) is 0 Å². The summed E-state index contributed by atoms with van der Waals surface area (Å²) in [7, 11) is 4.24. The van der Waals surface area contributed by atoms with Crippen LogP contribution in [0.3, 0.4) is 0 Å². The third-order valence-corrected chi connectivity index (χ3v) is 2.31. The van der Waals surface area contributed by atoms with Gasteiger partial charge in [-0.3, -0.25) is 0 Å². The first-order valence-corrected chi connectivity index (χ1v) is 5.71. The minimum absolute atomic E-state index is 0.710.